The molecule has 0 fully saturated rings. The fraction of sp³-hybridized carbons (Fsp3) is 0.600. The summed E-state index contributed by atoms with van der Waals surface area (Å²) in [6.07, 6.45) is -3.56. The molecule has 1 aromatic rings. The highest BCUT2D eigenvalue weighted by Gasteiger charge is 2.33. The minimum atomic E-state index is -4.40. The van der Waals surface area contributed by atoms with Crippen LogP contribution in [0.25, 0.3) is 0 Å². The lowest BCUT2D eigenvalue weighted by molar-refractivity contribution is -0.138. The van der Waals surface area contributed by atoms with Crippen molar-refractivity contribution >= 4 is 17.3 Å². The summed E-state index contributed by atoms with van der Waals surface area (Å²) in [7, 11) is 1.58. The lowest BCUT2D eigenvalue weighted by Crippen LogP contribution is -2.35. The summed E-state index contributed by atoms with van der Waals surface area (Å²) in [5.74, 6) is -0.156. The number of benzene rings is 1. The fourth-order valence-corrected chi connectivity index (χ4v) is 2.37. The van der Waals surface area contributed by atoms with Gasteiger partial charge >= 0.3 is 6.18 Å². The van der Waals surface area contributed by atoms with Gasteiger partial charge in [-0.25, -0.2) is 0 Å². The van der Waals surface area contributed by atoms with Crippen molar-refractivity contribution in [1.82, 2.24) is 0 Å². The summed E-state index contributed by atoms with van der Waals surface area (Å²) in [5, 5.41) is 0. The van der Waals surface area contributed by atoms with Crippen LogP contribution in [0.3, 0.4) is 0 Å². The number of hydrogen-bond acceptors (Lipinski definition) is 2. The Labute approximate surface area is 128 Å². The minimum absolute atomic E-state index is 0.101. The number of rotatable bonds is 7. The quantitative estimate of drug-likeness (QED) is 0.675. The van der Waals surface area contributed by atoms with E-state index in [1.807, 2.05) is 18.7 Å². The van der Waals surface area contributed by atoms with Gasteiger partial charge in [-0.05, 0) is 31.0 Å². The molecule has 0 aliphatic heterocycles. The molecule has 0 spiro atoms. The summed E-state index contributed by atoms with van der Waals surface area (Å²) < 4.78 is 44.4. The molecule has 1 aromatic carbocycles. The van der Waals surface area contributed by atoms with Gasteiger partial charge in [0.1, 0.15) is 0 Å². The van der Waals surface area contributed by atoms with E-state index >= 15 is 0 Å². The van der Waals surface area contributed by atoms with Crippen LogP contribution in [0.5, 0.6) is 0 Å². The Kier molecular flexibility index (Phi) is 6.81. The maximum Gasteiger partial charge on any atom is 0.416 e. The van der Waals surface area contributed by atoms with E-state index in [0.29, 0.717) is 18.8 Å². The van der Waals surface area contributed by atoms with Crippen molar-refractivity contribution in [2.45, 2.75) is 38.4 Å². The Morgan fingerprint density at radius 1 is 1.33 bits per heavy atom. The van der Waals surface area contributed by atoms with Crippen molar-refractivity contribution in [3.63, 3.8) is 0 Å². The molecule has 1 rings (SSSR count). The lowest BCUT2D eigenvalue weighted by atomic mass is 10.1. The largest absolute Gasteiger partial charge is 0.416 e. The van der Waals surface area contributed by atoms with E-state index in [1.165, 1.54) is 12.1 Å². The molecular formula is C15H21ClF3NO. The maximum absolute atomic E-state index is 13.1. The van der Waals surface area contributed by atoms with Gasteiger partial charge in [0.05, 0.1) is 12.2 Å². The van der Waals surface area contributed by atoms with Crippen LogP contribution in [-0.4, -0.2) is 26.3 Å². The summed E-state index contributed by atoms with van der Waals surface area (Å²) >= 11 is 5.61. The molecule has 0 heterocycles. The number of ether oxygens (including phenoxy) is 1. The van der Waals surface area contributed by atoms with Crippen LogP contribution >= 0.6 is 11.6 Å². The Hall–Kier alpha value is -0.940. The van der Waals surface area contributed by atoms with Gasteiger partial charge in [-0.2, -0.15) is 13.2 Å². The topological polar surface area (TPSA) is 12.5 Å². The van der Waals surface area contributed by atoms with E-state index in [9.17, 15) is 13.2 Å². The highest BCUT2D eigenvalue weighted by atomic mass is 35.5. The number of nitrogens with zero attached hydrogens (tertiary/aromatic N) is 1. The molecule has 0 saturated carbocycles. The molecule has 1 atom stereocenters. The van der Waals surface area contributed by atoms with E-state index in [-0.39, 0.29) is 17.5 Å². The van der Waals surface area contributed by atoms with Gasteiger partial charge in [-0.15, -0.1) is 11.6 Å². The standard InChI is InChI=1S/C15H21ClF3NO/c1-4-11(2)20(7-8-21-3)13-6-5-12(10-16)14(9-13)15(17,18)19/h5-6,9,11H,4,7-8,10H2,1-3H3. The van der Waals surface area contributed by atoms with E-state index < -0.39 is 11.7 Å². The molecule has 0 bridgehead atoms. The molecular weight excluding hydrogens is 303 g/mol. The van der Waals surface area contributed by atoms with Crippen molar-refractivity contribution in [3.8, 4) is 0 Å². The average Bonchev–Trinajstić information content (AvgIpc) is 2.46. The van der Waals surface area contributed by atoms with Crippen LogP contribution in [-0.2, 0) is 16.8 Å². The molecule has 1 unspecified atom stereocenters. The second kappa shape index (κ2) is 7.90. The molecule has 0 aliphatic carbocycles. The predicted molar refractivity (Wildman–Crippen MR) is 80.0 cm³/mol. The molecule has 0 aromatic heterocycles. The first kappa shape index (κ1) is 18.1. The molecule has 0 aliphatic rings. The predicted octanol–water partition coefficient (Wildman–Crippen LogP) is 4.70. The fourth-order valence-electron chi connectivity index (χ4n) is 2.14. The molecule has 6 heteroatoms. The zero-order chi connectivity index (χ0) is 16.0. The third-order valence-corrected chi connectivity index (χ3v) is 3.82. The third-order valence-electron chi connectivity index (χ3n) is 3.53. The summed E-state index contributed by atoms with van der Waals surface area (Å²) in [4.78, 5) is 1.93. The molecule has 0 amide bonds. The normalized spacial score (nSPS) is 13.3. The molecule has 2 nitrogen and oxygen atoms in total. The number of alkyl halides is 4. The lowest BCUT2D eigenvalue weighted by Gasteiger charge is -2.31. The van der Waals surface area contributed by atoms with Crippen molar-refractivity contribution in [2.24, 2.45) is 0 Å². The Morgan fingerprint density at radius 3 is 2.48 bits per heavy atom. The zero-order valence-electron chi connectivity index (χ0n) is 12.5. The Balaban J connectivity index is 3.20. The Morgan fingerprint density at radius 2 is 2.00 bits per heavy atom. The van der Waals surface area contributed by atoms with Crippen molar-refractivity contribution < 1.29 is 17.9 Å². The number of anilines is 1. The van der Waals surface area contributed by atoms with Gasteiger partial charge in [-0.1, -0.05) is 13.0 Å². The van der Waals surface area contributed by atoms with E-state index in [4.69, 9.17) is 16.3 Å². The van der Waals surface area contributed by atoms with Gasteiger partial charge in [-0.3, -0.25) is 0 Å². The number of methoxy groups -OCH3 is 1. The van der Waals surface area contributed by atoms with Gasteiger partial charge in [0.2, 0.25) is 0 Å². The van der Waals surface area contributed by atoms with Crippen molar-refractivity contribution in [1.29, 1.82) is 0 Å². The van der Waals surface area contributed by atoms with Crippen LogP contribution in [0, 0.1) is 0 Å². The Bertz CT molecular complexity index is 451. The minimum Gasteiger partial charge on any atom is -0.383 e. The van der Waals surface area contributed by atoms with Gasteiger partial charge in [0, 0.05) is 31.3 Å². The van der Waals surface area contributed by atoms with Crippen molar-refractivity contribution in [3.05, 3.63) is 29.3 Å². The number of hydrogen-bond donors (Lipinski definition) is 0. The van der Waals surface area contributed by atoms with Crippen LogP contribution in [0.4, 0.5) is 18.9 Å². The van der Waals surface area contributed by atoms with Crippen LogP contribution in [0.1, 0.15) is 31.4 Å². The number of halogens is 4. The first-order valence-corrected chi connectivity index (χ1v) is 7.40. The van der Waals surface area contributed by atoms with E-state index in [0.717, 1.165) is 6.42 Å². The maximum atomic E-state index is 13.1. The SMILES string of the molecule is CCC(C)N(CCOC)c1ccc(CCl)c(C(F)(F)F)c1. The summed E-state index contributed by atoms with van der Waals surface area (Å²) in [6, 6.07) is 4.45. The van der Waals surface area contributed by atoms with Gasteiger partial charge < -0.3 is 9.64 Å². The van der Waals surface area contributed by atoms with Crippen LogP contribution in [0.15, 0.2) is 18.2 Å². The van der Waals surface area contributed by atoms with Crippen LogP contribution < -0.4 is 4.90 Å². The smallest absolute Gasteiger partial charge is 0.383 e. The average molecular weight is 324 g/mol. The van der Waals surface area contributed by atoms with Crippen molar-refractivity contribution in [2.75, 3.05) is 25.2 Å². The van der Waals surface area contributed by atoms with E-state index in [1.54, 1.807) is 13.2 Å². The van der Waals surface area contributed by atoms with Gasteiger partial charge in [0.25, 0.3) is 0 Å². The first-order chi connectivity index (χ1) is 9.85. The highest BCUT2D eigenvalue weighted by molar-refractivity contribution is 6.17. The third kappa shape index (κ3) is 4.78. The zero-order valence-corrected chi connectivity index (χ0v) is 13.3. The second-order valence-electron chi connectivity index (χ2n) is 4.92. The van der Waals surface area contributed by atoms with Gasteiger partial charge in [0.15, 0.2) is 0 Å². The molecule has 0 radical (unpaired) electrons. The molecule has 0 saturated heterocycles. The summed E-state index contributed by atoms with van der Waals surface area (Å²) in [5.41, 5.74) is -0.0212. The molecule has 0 N–H and O–H groups in total. The highest BCUT2D eigenvalue weighted by Crippen LogP contribution is 2.35. The molecule has 21 heavy (non-hydrogen) atoms. The monoisotopic (exact) mass is 323 g/mol. The second-order valence-corrected chi connectivity index (χ2v) is 5.18. The van der Waals surface area contributed by atoms with E-state index in [2.05, 4.69) is 0 Å². The first-order valence-electron chi connectivity index (χ1n) is 6.86. The molecule has 120 valence electrons. The summed E-state index contributed by atoms with van der Waals surface area (Å²) in [6.45, 7) is 4.99. The van der Waals surface area contributed by atoms with Crippen LogP contribution in [0.2, 0.25) is 0 Å².